The average Bonchev–Trinajstić information content (AvgIpc) is 2.74. The lowest BCUT2D eigenvalue weighted by Crippen LogP contribution is -2.47. The number of rotatable bonds is 6. The number of aromatic nitrogens is 2. The van der Waals surface area contributed by atoms with E-state index in [1.54, 1.807) is 0 Å². The van der Waals surface area contributed by atoms with Crippen LogP contribution >= 0.6 is 11.5 Å². The highest BCUT2D eigenvalue weighted by Crippen LogP contribution is 2.14. The summed E-state index contributed by atoms with van der Waals surface area (Å²) >= 11 is 1.35. The van der Waals surface area contributed by atoms with E-state index in [-0.39, 0.29) is 12.1 Å². The summed E-state index contributed by atoms with van der Waals surface area (Å²) in [5.74, 6) is 0. The number of nitrogens with zero attached hydrogens (tertiary/aromatic N) is 2. The first-order chi connectivity index (χ1) is 6.76. The third-order valence-corrected chi connectivity index (χ3v) is 3.26. The van der Waals surface area contributed by atoms with E-state index >= 15 is 0 Å². The lowest BCUT2D eigenvalue weighted by Gasteiger charge is -2.30. The predicted molar refractivity (Wildman–Crippen MR) is 57.1 cm³/mol. The molecular weight excluding hydrogens is 198 g/mol. The first kappa shape index (κ1) is 11.6. The van der Waals surface area contributed by atoms with Crippen molar-refractivity contribution in [2.24, 2.45) is 0 Å². The molecule has 0 aliphatic heterocycles. The third-order valence-electron chi connectivity index (χ3n) is 2.71. The summed E-state index contributed by atoms with van der Waals surface area (Å²) in [5, 5.41) is 18.5. The maximum atomic E-state index is 9.31. The molecule has 0 radical (unpaired) electrons. The van der Waals surface area contributed by atoms with Crippen LogP contribution in [0.5, 0.6) is 0 Å². The van der Waals surface area contributed by atoms with Crippen LogP contribution < -0.4 is 5.32 Å². The van der Waals surface area contributed by atoms with Gasteiger partial charge in [-0.2, -0.15) is 0 Å². The van der Waals surface area contributed by atoms with Gasteiger partial charge in [-0.3, -0.25) is 0 Å². The third kappa shape index (κ3) is 2.73. The first-order valence-corrected chi connectivity index (χ1v) is 5.72. The van der Waals surface area contributed by atoms with Crippen LogP contribution in [0.4, 0.5) is 0 Å². The Morgan fingerprint density at radius 3 is 2.64 bits per heavy atom. The van der Waals surface area contributed by atoms with Crippen molar-refractivity contribution in [3.05, 3.63) is 11.1 Å². The molecule has 0 amide bonds. The monoisotopic (exact) mass is 215 g/mol. The van der Waals surface area contributed by atoms with E-state index in [0.717, 1.165) is 18.5 Å². The van der Waals surface area contributed by atoms with Crippen molar-refractivity contribution in [1.29, 1.82) is 0 Å². The van der Waals surface area contributed by atoms with E-state index in [1.807, 2.05) is 5.38 Å². The highest BCUT2D eigenvalue weighted by atomic mass is 32.1. The summed E-state index contributed by atoms with van der Waals surface area (Å²) < 4.78 is 3.79. The fraction of sp³-hybridized carbons (Fsp3) is 0.778. The minimum atomic E-state index is -0.163. The number of aliphatic hydroxyl groups is 1. The lowest BCUT2D eigenvalue weighted by atomic mass is 9.94. The van der Waals surface area contributed by atoms with E-state index in [4.69, 9.17) is 0 Å². The number of nitrogens with one attached hydrogen (secondary N) is 1. The Labute approximate surface area is 88.5 Å². The normalized spacial score (nSPS) is 11.9. The van der Waals surface area contributed by atoms with Gasteiger partial charge in [-0.1, -0.05) is 18.3 Å². The largest absolute Gasteiger partial charge is 0.394 e. The van der Waals surface area contributed by atoms with Crippen molar-refractivity contribution in [1.82, 2.24) is 14.9 Å². The Kier molecular flexibility index (Phi) is 4.44. The number of aliphatic hydroxyl groups excluding tert-OH is 1. The highest BCUT2D eigenvalue weighted by Gasteiger charge is 2.24. The summed E-state index contributed by atoms with van der Waals surface area (Å²) in [7, 11) is 0. The molecule has 1 aromatic rings. The molecule has 80 valence electrons. The fourth-order valence-corrected chi connectivity index (χ4v) is 1.77. The van der Waals surface area contributed by atoms with Crippen LogP contribution in [0.15, 0.2) is 5.38 Å². The maximum absolute atomic E-state index is 9.31. The molecule has 0 atom stereocenters. The van der Waals surface area contributed by atoms with Crippen LogP contribution in [-0.2, 0) is 6.54 Å². The molecule has 1 rings (SSSR count). The van der Waals surface area contributed by atoms with Crippen LogP contribution in [0, 0.1) is 0 Å². The molecule has 0 unspecified atom stereocenters. The van der Waals surface area contributed by atoms with Crippen LogP contribution in [0.25, 0.3) is 0 Å². The van der Waals surface area contributed by atoms with Crippen LogP contribution in [-0.4, -0.2) is 26.8 Å². The zero-order chi connectivity index (χ0) is 10.4. The molecule has 2 N–H and O–H groups in total. The van der Waals surface area contributed by atoms with Gasteiger partial charge in [0, 0.05) is 17.5 Å². The minimum Gasteiger partial charge on any atom is -0.394 e. The molecule has 5 heteroatoms. The second-order valence-electron chi connectivity index (χ2n) is 3.40. The van der Waals surface area contributed by atoms with Gasteiger partial charge in [0.1, 0.15) is 0 Å². The lowest BCUT2D eigenvalue weighted by molar-refractivity contribution is 0.149. The van der Waals surface area contributed by atoms with Gasteiger partial charge in [-0.25, -0.2) is 0 Å². The van der Waals surface area contributed by atoms with Crippen LogP contribution in [0.3, 0.4) is 0 Å². The molecule has 1 aromatic heterocycles. The zero-order valence-corrected chi connectivity index (χ0v) is 9.47. The van der Waals surface area contributed by atoms with Crippen LogP contribution in [0.2, 0.25) is 0 Å². The molecule has 4 nitrogen and oxygen atoms in total. The molecule has 14 heavy (non-hydrogen) atoms. The molecule has 1 heterocycles. The van der Waals surface area contributed by atoms with Crippen molar-refractivity contribution in [2.75, 3.05) is 6.61 Å². The number of hydrogen-bond acceptors (Lipinski definition) is 5. The molecule has 0 aliphatic carbocycles. The van der Waals surface area contributed by atoms with Gasteiger partial charge in [0.05, 0.1) is 12.3 Å². The predicted octanol–water partition coefficient (Wildman–Crippen LogP) is 1.18. The average molecular weight is 215 g/mol. The summed E-state index contributed by atoms with van der Waals surface area (Å²) in [6.07, 6.45) is 1.83. The quantitative estimate of drug-likeness (QED) is 0.748. The second kappa shape index (κ2) is 5.38. The fourth-order valence-electron chi connectivity index (χ4n) is 1.32. The Hall–Kier alpha value is -0.520. The van der Waals surface area contributed by atoms with Gasteiger partial charge in [0.25, 0.3) is 0 Å². The van der Waals surface area contributed by atoms with Gasteiger partial charge in [-0.05, 0) is 24.4 Å². The van der Waals surface area contributed by atoms with E-state index in [9.17, 15) is 5.11 Å². The second-order valence-corrected chi connectivity index (χ2v) is 4.01. The first-order valence-electron chi connectivity index (χ1n) is 4.88. The molecule has 0 bridgehead atoms. The van der Waals surface area contributed by atoms with Crippen molar-refractivity contribution < 1.29 is 5.11 Å². The molecule has 0 spiro atoms. The highest BCUT2D eigenvalue weighted by molar-refractivity contribution is 7.03. The Morgan fingerprint density at radius 1 is 1.50 bits per heavy atom. The molecule has 0 aliphatic rings. The molecular formula is C9H17N3OS. The van der Waals surface area contributed by atoms with Gasteiger partial charge >= 0.3 is 0 Å². The summed E-state index contributed by atoms with van der Waals surface area (Å²) in [6.45, 7) is 4.99. The maximum Gasteiger partial charge on any atom is 0.0893 e. The minimum absolute atomic E-state index is 0.163. The van der Waals surface area contributed by atoms with E-state index < -0.39 is 0 Å². The molecule has 0 aromatic carbocycles. The van der Waals surface area contributed by atoms with Crippen molar-refractivity contribution in [2.45, 2.75) is 38.8 Å². The van der Waals surface area contributed by atoms with E-state index in [2.05, 4.69) is 28.8 Å². The Morgan fingerprint density at radius 2 is 2.21 bits per heavy atom. The van der Waals surface area contributed by atoms with Gasteiger partial charge in [0.2, 0.25) is 0 Å². The van der Waals surface area contributed by atoms with Crippen molar-refractivity contribution in [3.63, 3.8) is 0 Å². The molecule has 0 saturated carbocycles. The summed E-state index contributed by atoms with van der Waals surface area (Å²) in [5.41, 5.74) is 0.776. The molecule has 0 fully saturated rings. The van der Waals surface area contributed by atoms with E-state index in [0.29, 0.717) is 6.54 Å². The van der Waals surface area contributed by atoms with E-state index in [1.165, 1.54) is 11.5 Å². The van der Waals surface area contributed by atoms with Gasteiger partial charge in [0.15, 0.2) is 0 Å². The Bertz CT molecular complexity index is 238. The Balaban J connectivity index is 2.48. The number of hydrogen-bond donors (Lipinski definition) is 2. The molecule has 0 saturated heterocycles. The van der Waals surface area contributed by atoms with Crippen molar-refractivity contribution >= 4 is 11.5 Å². The van der Waals surface area contributed by atoms with Gasteiger partial charge < -0.3 is 10.4 Å². The standard InChI is InChI=1S/C9H17N3OS/c1-3-9(4-2,7-13)10-5-8-6-14-12-11-8/h6,10,13H,3-5,7H2,1-2H3. The van der Waals surface area contributed by atoms with Crippen molar-refractivity contribution in [3.8, 4) is 0 Å². The summed E-state index contributed by atoms with van der Waals surface area (Å²) in [6, 6.07) is 0. The van der Waals surface area contributed by atoms with Gasteiger partial charge in [-0.15, -0.1) is 5.10 Å². The smallest absolute Gasteiger partial charge is 0.0893 e. The topological polar surface area (TPSA) is 58.0 Å². The SMILES string of the molecule is CCC(CC)(CO)NCc1csnn1. The van der Waals surface area contributed by atoms with Crippen LogP contribution in [0.1, 0.15) is 32.4 Å². The summed E-state index contributed by atoms with van der Waals surface area (Å²) in [4.78, 5) is 0. The zero-order valence-electron chi connectivity index (χ0n) is 8.66.